The Labute approximate surface area is 69.1 Å². The largest absolute Gasteiger partial charge is 0.480 e. The lowest BCUT2D eigenvalue weighted by atomic mass is 10.2. The molecule has 6 nitrogen and oxygen atoms in total. The quantitative estimate of drug-likeness (QED) is 0.385. The summed E-state index contributed by atoms with van der Waals surface area (Å²) in [6.45, 7) is 1.34. The summed E-state index contributed by atoms with van der Waals surface area (Å²) in [6.07, 6.45) is 0.355. The minimum Gasteiger partial charge on any atom is -0.480 e. The van der Waals surface area contributed by atoms with Gasteiger partial charge in [-0.3, -0.25) is 15.0 Å². The van der Waals surface area contributed by atoms with Gasteiger partial charge in [0.05, 0.1) is 6.54 Å². The Morgan fingerprint density at radius 1 is 1.58 bits per heavy atom. The highest BCUT2D eigenvalue weighted by Crippen LogP contribution is 1.89. The van der Waals surface area contributed by atoms with E-state index in [-0.39, 0.29) is 6.54 Å². The van der Waals surface area contributed by atoms with Gasteiger partial charge < -0.3 is 5.11 Å². The van der Waals surface area contributed by atoms with E-state index >= 15 is 0 Å². The Kier molecular flexibility index (Phi) is 4.98. The lowest BCUT2D eigenvalue weighted by Gasteiger charge is -2.09. The third-order valence-electron chi connectivity index (χ3n) is 1.30. The van der Waals surface area contributed by atoms with Crippen molar-refractivity contribution in [2.75, 3.05) is 6.54 Å². The van der Waals surface area contributed by atoms with Gasteiger partial charge in [-0.2, -0.15) is 5.26 Å². The van der Waals surface area contributed by atoms with E-state index in [2.05, 4.69) is 10.2 Å². The van der Waals surface area contributed by atoms with Gasteiger partial charge in [-0.15, -0.1) is 0 Å². The number of hydrogen-bond donors (Lipinski definition) is 3. The topological polar surface area (TPSA) is 95.9 Å². The van der Waals surface area contributed by atoms with Gasteiger partial charge in [-0.1, -0.05) is 6.92 Å². The van der Waals surface area contributed by atoms with Gasteiger partial charge in [0, 0.05) is 0 Å². The predicted molar refractivity (Wildman–Crippen MR) is 38.4 cm³/mol. The Morgan fingerprint density at radius 3 is 2.50 bits per heavy atom. The van der Waals surface area contributed by atoms with E-state index in [1.165, 1.54) is 0 Å². The summed E-state index contributed by atoms with van der Waals surface area (Å²) in [5.74, 6) is -1.95. The summed E-state index contributed by atoms with van der Waals surface area (Å²) >= 11 is 0. The molecule has 0 bridgehead atoms. The number of rotatable bonds is 5. The summed E-state index contributed by atoms with van der Waals surface area (Å²) in [4.78, 5) is 24.0. The fraction of sp³-hybridized carbons (Fsp3) is 0.667. The monoisotopic (exact) mass is 177 g/mol. The van der Waals surface area contributed by atoms with Crippen molar-refractivity contribution in [2.45, 2.75) is 19.4 Å². The normalized spacial score (nSPS) is 12.2. The Bertz CT molecular complexity index is 169. The number of carboxylic acid groups (broad SMARTS) is 1. The molecule has 0 fully saturated rings. The average molecular weight is 177 g/mol. The molecule has 1 unspecified atom stereocenters. The number of carbonyl (C=O) groups is 2. The van der Waals surface area contributed by atoms with E-state index in [9.17, 15) is 9.59 Å². The Morgan fingerprint density at radius 2 is 2.17 bits per heavy atom. The van der Waals surface area contributed by atoms with Crippen LogP contribution in [0.25, 0.3) is 0 Å². The minimum absolute atomic E-state index is 0.318. The smallest absolute Gasteiger partial charge is 0.355 e. The molecule has 70 valence electrons. The summed E-state index contributed by atoms with van der Waals surface area (Å²) < 4.78 is 0. The maximum Gasteiger partial charge on any atom is 0.355 e. The first-order chi connectivity index (χ1) is 5.61. The van der Waals surface area contributed by atoms with Gasteiger partial charge in [-0.05, 0) is 6.42 Å². The van der Waals surface area contributed by atoms with Crippen molar-refractivity contribution in [2.24, 2.45) is 0 Å². The predicted octanol–water partition coefficient (Wildman–Crippen LogP) is -0.545. The number of hydrogen-bond acceptors (Lipinski definition) is 5. The van der Waals surface area contributed by atoms with E-state index < -0.39 is 18.0 Å². The van der Waals surface area contributed by atoms with Crippen LogP contribution in [0.3, 0.4) is 0 Å². The molecule has 0 saturated heterocycles. The van der Waals surface area contributed by atoms with Gasteiger partial charge in [0.15, 0.2) is 0 Å². The highest BCUT2D eigenvalue weighted by molar-refractivity contribution is 5.75. The van der Waals surface area contributed by atoms with Crippen molar-refractivity contribution in [1.29, 1.82) is 0 Å². The third-order valence-corrected chi connectivity index (χ3v) is 1.30. The van der Waals surface area contributed by atoms with E-state index in [1.807, 2.05) is 0 Å². The Hall–Kier alpha value is -1.14. The van der Waals surface area contributed by atoms with Crippen molar-refractivity contribution in [1.82, 2.24) is 5.32 Å². The van der Waals surface area contributed by atoms with Crippen molar-refractivity contribution in [3.63, 3.8) is 0 Å². The van der Waals surface area contributed by atoms with Crippen molar-refractivity contribution in [3.8, 4) is 0 Å². The van der Waals surface area contributed by atoms with Crippen LogP contribution in [0.15, 0.2) is 0 Å². The molecule has 0 aromatic rings. The Balaban J connectivity index is 3.73. The number of carboxylic acids is 1. The maximum atomic E-state index is 10.4. The first kappa shape index (κ1) is 10.9. The van der Waals surface area contributed by atoms with Crippen LogP contribution in [0.5, 0.6) is 0 Å². The van der Waals surface area contributed by atoms with E-state index in [1.54, 1.807) is 6.92 Å². The molecule has 0 radical (unpaired) electrons. The molecular weight excluding hydrogens is 166 g/mol. The van der Waals surface area contributed by atoms with Crippen LogP contribution in [0.2, 0.25) is 0 Å². The molecule has 0 saturated carbocycles. The summed E-state index contributed by atoms with van der Waals surface area (Å²) in [5.41, 5.74) is 0. The van der Waals surface area contributed by atoms with E-state index in [4.69, 9.17) is 10.4 Å². The lowest BCUT2D eigenvalue weighted by Crippen LogP contribution is -2.39. The molecule has 3 N–H and O–H groups in total. The molecule has 0 aromatic heterocycles. The SMILES string of the molecule is CCC(NCC(=O)OO)C(=O)O. The van der Waals surface area contributed by atoms with Crippen LogP contribution < -0.4 is 5.32 Å². The second kappa shape index (κ2) is 5.50. The van der Waals surface area contributed by atoms with Gasteiger partial charge in [-0.25, -0.2) is 4.79 Å². The van der Waals surface area contributed by atoms with Crippen molar-refractivity contribution < 1.29 is 24.8 Å². The second-order valence-corrected chi connectivity index (χ2v) is 2.14. The third kappa shape index (κ3) is 3.89. The molecule has 6 heteroatoms. The summed E-state index contributed by atoms with van der Waals surface area (Å²) in [7, 11) is 0. The molecule has 12 heavy (non-hydrogen) atoms. The zero-order valence-corrected chi connectivity index (χ0v) is 6.61. The van der Waals surface area contributed by atoms with Crippen LogP contribution >= 0.6 is 0 Å². The molecule has 0 aromatic carbocycles. The van der Waals surface area contributed by atoms with Crippen LogP contribution in [0, 0.1) is 0 Å². The first-order valence-electron chi connectivity index (χ1n) is 3.42. The summed E-state index contributed by atoms with van der Waals surface area (Å²) in [6, 6.07) is -0.788. The standard InChI is InChI=1S/C6H11NO5/c1-2-4(6(9)10)7-3-5(8)12-11/h4,7,11H,2-3H2,1H3,(H,9,10). The fourth-order valence-electron chi connectivity index (χ4n) is 0.645. The zero-order chi connectivity index (χ0) is 9.56. The van der Waals surface area contributed by atoms with Gasteiger partial charge in [0.1, 0.15) is 6.04 Å². The zero-order valence-electron chi connectivity index (χ0n) is 6.61. The lowest BCUT2D eigenvalue weighted by molar-refractivity contribution is -0.233. The minimum atomic E-state index is -1.04. The van der Waals surface area contributed by atoms with Crippen LogP contribution in [0.4, 0.5) is 0 Å². The van der Waals surface area contributed by atoms with E-state index in [0.717, 1.165) is 0 Å². The highest BCUT2D eigenvalue weighted by Gasteiger charge is 2.15. The number of aliphatic carboxylic acids is 1. The molecule has 0 aliphatic carbocycles. The molecule has 0 aliphatic rings. The highest BCUT2D eigenvalue weighted by atomic mass is 17.1. The van der Waals surface area contributed by atoms with Gasteiger partial charge in [0.25, 0.3) is 0 Å². The maximum absolute atomic E-state index is 10.4. The molecule has 0 heterocycles. The average Bonchev–Trinajstić information content (AvgIpc) is 2.04. The molecule has 0 rings (SSSR count). The van der Waals surface area contributed by atoms with Gasteiger partial charge >= 0.3 is 11.9 Å². The molecular formula is C6H11NO5. The molecule has 1 atom stereocenters. The molecule has 0 amide bonds. The second-order valence-electron chi connectivity index (χ2n) is 2.14. The fourth-order valence-corrected chi connectivity index (χ4v) is 0.645. The van der Waals surface area contributed by atoms with E-state index in [0.29, 0.717) is 6.42 Å². The van der Waals surface area contributed by atoms with Crippen LogP contribution in [-0.2, 0) is 14.5 Å². The number of carbonyl (C=O) groups excluding carboxylic acids is 1. The first-order valence-corrected chi connectivity index (χ1v) is 3.42. The van der Waals surface area contributed by atoms with Crippen LogP contribution in [0.1, 0.15) is 13.3 Å². The molecule has 0 aliphatic heterocycles. The van der Waals surface area contributed by atoms with Crippen molar-refractivity contribution >= 4 is 11.9 Å². The summed E-state index contributed by atoms with van der Waals surface area (Å²) in [5, 5.41) is 18.7. The number of nitrogens with one attached hydrogen (secondary N) is 1. The van der Waals surface area contributed by atoms with Crippen molar-refractivity contribution in [3.05, 3.63) is 0 Å². The van der Waals surface area contributed by atoms with Crippen LogP contribution in [-0.4, -0.2) is 34.9 Å². The molecule has 0 spiro atoms. The van der Waals surface area contributed by atoms with Gasteiger partial charge in [0.2, 0.25) is 0 Å².